The monoisotopic (exact) mass is 325 g/mol. The van der Waals surface area contributed by atoms with Gasteiger partial charge in [-0.05, 0) is 35.7 Å². The Kier molecular flexibility index (Phi) is 5.96. The van der Waals surface area contributed by atoms with E-state index in [2.05, 4.69) is 44.0 Å². The van der Waals surface area contributed by atoms with Gasteiger partial charge in [0.25, 0.3) is 0 Å². The summed E-state index contributed by atoms with van der Waals surface area (Å²) in [5.41, 5.74) is 4.46. The summed E-state index contributed by atoms with van der Waals surface area (Å²) >= 11 is 0. The van der Waals surface area contributed by atoms with E-state index in [1.165, 1.54) is 23.1 Å². The molecule has 1 aliphatic heterocycles. The van der Waals surface area contributed by atoms with Gasteiger partial charge in [0.2, 0.25) is 5.91 Å². The molecular formula is C20H27N3O. The third kappa shape index (κ3) is 3.94. The lowest BCUT2D eigenvalue weighted by molar-refractivity contribution is -0.118. The molecule has 0 saturated heterocycles. The van der Waals surface area contributed by atoms with Crippen molar-refractivity contribution < 1.29 is 4.79 Å². The Balaban J connectivity index is 0.000000647. The largest absolute Gasteiger partial charge is 0.363 e. The molecule has 1 aromatic carbocycles. The fourth-order valence-electron chi connectivity index (χ4n) is 2.71. The first-order valence-corrected chi connectivity index (χ1v) is 8.49. The van der Waals surface area contributed by atoms with E-state index < -0.39 is 0 Å². The zero-order valence-electron chi connectivity index (χ0n) is 15.3. The van der Waals surface area contributed by atoms with Crippen LogP contribution in [0.3, 0.4) is 0 Å². The number of fused-ring (bicyclic) bond motifs is 1. The zero-order chi connectivity index (χ0) is 17.7. The van der Waals surface area contributed by atoms with Crippen LogP contribution in [0.1, 0.15) is 37.0 Å². The minimum atomic E-state index is 0.135. The number of hydrogen-bond acceptors (Lipinski definition) is 3. The third-order valence-electron chi connectivity index (χ3n) is 3.97. The molecule has 2 aromatic rings. The lowest BCUT2D eigenvalue weighted by Gasteiger charge is -2.29. The number of rotatable bonds is 2. The maximum absolute atomic E-state index is 12.4. The van der Waals surface area contributed by atoms with E-state index >= 15 is 0 Å². The molecule has 128 valence electrons. The highest BCUT2D eigenvalue weighted by molar-refractivity contribution is 5.96. The van der Waals surface area contributed by atoms with Crippen LogP contribution < -0.4 is 9.80 Å². The van der Waals surface area contributed by atoms with Crippen molar-refractivity contribution >= 4 is 17.4 Å². The first kappa shape index (κ1) is 18.0. The van der Waals surface area contributed by atoms with Gasteiger partial charge in [0, 0.05) is 14.1 Å². The van der Waals surface area contributed by atoms with Crippen molar-refractivity contribution in [3.63, 3.8) is 0 Å². The topological polar surface area (TPSA) is 36.4 Å². The number of pyridine rings is 1. The summed E-state index contributed by atoms with van der Waals surface area (Å²) in [4.78, 5) is 20.6. The van der Waals surface area contributed by atoms with Crippen molar-refractivity contribution in [1.29, 1.82) is 0 Å². The Bertz CT molecular complexity index is 693. The summed E-state index contributed by atoms with van der Waals surface area (Å²) in [6.45, 7) is 6.94. The van der Waals surface area contributed by atoms with Crippen molar-refractivity contribution in [2.75, 3.05) is 23.9 Å². The average Bonchev–Trinajstić information content (AvgIpc) is 2.56. The second-order valence-electron chi connectivity index (χ2n) is 6.35. The van der Waals surface area contributed by atoms with Gasteiger partial charge < -0.3 is 9.80 Å². The van der Waals surface area contributed by atoms with Crippen molar-refractivity contribution in [2.45, 2.75) is 40.2 Å². The van der Waals surface area contributed by atoms with Crippen LogP contribution in [-0.2, 0) is 17.8 Å². The van der Waals surface area contributed by atoms with Gasteiger partial charge in [-0.2, -0.15) is 0 Å². The molecule has 0 saturated carbocycles. The number of aryl methyl sites for hydroxylation is 1. The molecule has 0 radical (unpaired) electrons. The quantitative estimate of drug-likeness (QED) is 0.838. The number of amides is 1. The average molecular weight is 325 g/mol. The molecule has 4 nitrogen and oxygen atoms in total. The lowest BCUT2D eigenvalue weighted by atomic mass is 9.94. The number of carbonyl (C=O) groups is 1. The molecule has 4 heteroatoms. The summed E-state index contributed by atoms with van der Waals surface area (Å²) in [5.74, 6) is 1.02. The van der Waals surface area contributed by atoms with Crippen molar-refractivity contribution in [3.05, 3.63) is 53.2 Å². The Morgan fingerprint density at radius 3 is 2.46 bits per heavy atom. The summed E-state index contributed by atoms with van der Waals surface area (Å²) < 4.78 is 0. The van der Waals surface area contributed by atoms with Gasteiger partial charge >= 0.3 is 0 Å². The Morgan fingerprint density at radius 2 is 1.88 bits per heavy atom. The predicted molar refractivity (Wildman–Crippen MR) is 101 cm³/mol. The van der Waals surface area contributed by atoms with Crippen molar-refractivity contribution in [2.24, 2.45) is 0 Å². The lowest BCUT2D eigenvalue weighted by Crippen LogP contribution is -2.36. The molecule has 0 bridgehead atoms. The van der Waals surface area contributed by atoms with E-state index in [0.29, 0.717) is 13.0 Å². The van der Waals surface area contributed by atoms with Crippen LogP contribution in [0.25, 0.3) is 0 Å². The van der Waals surface area contributed by atoms with Crippen LogP contribution in [0.15, 0.2) is 36.5 Å². The second kappa shape index (κ2) is 7.95. The molecule has 1 aliphatic rings. The maximum atomic E-state index is 12.4. The van der Waals surface area contributed by atoms with Gasteiger partial charge in [0.1, 0.15) is 5.82 Å². The Morgan fingerprint density at radius 1 is 1.17 bits per heavy atom. The second-order valence-corrected chi connectivity index (χ2v) is 6.35. The van der Waals surface area contributed by atoms with Gasteiger partial charge in [-0.25, -0.2) is 4.98 Å². The highest BCUT2D eigenvalue weighted by atomic mass is 16.2. The summed E-state index contributed by atoms with van der Waals surface area (Å²) in [6, 6.07) is 10.1. The molecule has 0 aliphatic carbocycles. The minimum Gasteiger partial charge on any atom is -0.363 e. The molecule has 1 amide bonds. The van der Waals surface area contributed by atoms with Gasteiger partial charge in [-0.3, -0.25) is 4.79 Å². The predicted octanol–water partition coefficient (Wildman–Crippen LogP) is 3.96. The van der Waals surface area contributed by atoms with Gasteiger partial charge in [0.05, 0.1) is 24.8 Å². The molecule has 3 rings (SSSR count). The number of nitrogens with zero attached hydrogens (tertiary/aromatic N) is 3. The van der Waals surface area contributed by atoms with Crippen molar-refractivity contribution in [1.82, 2.24) is 4.98 Å². The summed E-state index contributed by atoms with van der Waals surface area (Å²) in [6.07, 6.45) is 3.49. The van der Waals surface area contributed by atoms with E-state index in [-0.39, 0.29) is 5.91 Å². The molecule has 2 heterocycles. The smallest absolute Gasteiger partial charge is 0.231 e. The fraction of sp³-hybridized carbons (Fsp3) is 0.400. The molecule has 0 unspecified atom stereocenters. The Labute approximate surface area is 145 Å². The van der Waals surface area contributed by atoms with Crippen LogP contribution in [-0.4, -0.2) is 25.0 Å². The number of benzene rings is 1. The molecule has 1 aromatic heterocycles. The molecule has 0 spiro atoms. The van der Waals surface area contributed by atoms with E-state index in [1.807, 2.05) is 36.0 Å². The first-order chi connectivity index (χ1) is 11.5. The standard InChI is InChI=1S/C17H19N3O.C3H8/c1-12-5-4-6-13-11-20(17(21)9-15(12)13)14-7-8-16(18-10-14)19(2)3;1-3-2/h4-8,10H,9,11H2,1-3H3;3H2,1-2H3. The molecule has 24 heavy (non-hydrogen) atoms. The molecule has 0 N–H and O–H groups in total. The zero-order valence-corrected chi connectivity index (χ0v) is 15.3. The van der Waals surface area contributed by atoms with Crippen LogP contribution in [0, 0.1) is 6.92 Å². The number of hydrogen-bond donors (Lipinski definition) is 0. The summed E-state index contributed by atoms with van der Waals surface area (Å²) in [5, 5.41) is 0. The van der Waals surface area contributed by atoms with Crippen LogP contribution >= 0.6 is 0 Å². The highest BCUT2D eigenvalue weighted by Crippen LogP contribution is 2.27. The van der Waals surface area contributed by atoms with Crippen LogP contribution in [0.5, 0.6) is 0 Å². The van der Waals surface area contributed by atoms with Crippen LogP contribution in [0.2, 0.25) is 0 Å². The summed E-state index contributed by atoms with van der Waals surface area (Å²) in [7, 11) is 3.90. The third-order valence-corrected chi connectivity index (χ3v) is 3.97. The minimum absolute atomic E-state index is 0.135. The fourth-order valence-corrected chi connectivity index (χ4v) is 2.71. The number of aromatic nitrogens is 1. The van der Waals surface area contributed by atoms with Crippen LogP contribution in [0.4, 0.5) is 11.5 Å². The molecule has 0 atom stereocenters. The normalized spacial score (nSPS) is 13.0. The van der Waals surface area contributed by atoms with Gasteiger partial charge in [-0.15, -0.1) is 0 Å². The highest BCUT2D eigenvalue weighted by Gasteiger charge is 2.25. The Hall–Kier alpha value is -2.36. The number of carbonyl (C=O) groups excluding carboxylic acids is 1. The van der Waals surface area contributed by atoms with E-state index in [0.717, 1.165) is 11.5 Å². The van der Waals surface area contributed by atoms with E-state index in [9.17, 15) is 4.79 Å². The van der Waals surface area contributed by atoms with Gasteiger partial charge in [-0.1, -0.05) is 38.5 Å². The molecule has 0 fully saturated rings. The van der Waals surface area contributed by atoms with Crippen molar-refractivity contribution in [3.8, 4) is 0 Å². The molecular weight excluding hydrogens is 298 g/mol. The van der Waals surface area contributed by atoms with E-state index in [1.54, 1.807) is 6.20 Å². The van der Waals surface area contributed by atoms with Gasteiger partial charge in [0.15, 0.2) is 0 Å². The van der Waals surface area contributed by atoms with E-state index in [4.69, 9.17) is 0 Å². The maximum Gasteiger partial charge on any atom is 0.231 e. The SMILES string of the molecule is CCC.Cc1cccc2c1CC(=O)N(c1ccc(N(C)C)nc1)C2. The first-order valence-electron chi connectivity index (χ1n) is 8.49. The number of anilines is 2.